The molecule has 2 aliphatic rings. The molecule has 2 aliphatic carbocycles. The average molecular weight is 535 g/mol. The van der Waals surface area contributed by atoms with Crippen LogP contribution in [0, 0.1) is 23.0 Å². The summed E-state index contributed by atoms with van der Waals surface area (Å²) in [7, 11) is 1.53. The van der Waals surface area contributed by atoms with Gasteiger partial charge in [0.25, 0.3) is 0 Å². The normalized spacial score (nSPS) is 19.1. The lowest BCUT2D eigenvalue weighted by Gasteiger charge is -2.30. The van der Waals surface area contributed by atoms with Crippen LogP contribution in [0.1, 0.15) is 80.9 Å². The van der Waals surface area contributed by atoms with Crippen LogP contribution in [0.15, 0.2) is 54.6 Å². The molecular weight excluding hydrogens is 498 g/mol. The highest BCUT2D eigenvalue weighted by atomic mass is 19.1. The maximum absolute atomic E-state index is 15.6. The van der Waals surface area contributed by atoms with Crippen LogP contribution in [0.25, 0.3) is 11.1 Å². The van der Waals surface area contributed by atoms with Gasteiger partial charge in [0.1, 0.15) is 29.7 Å². The molecule has 0 unspecified atom stereocenters. The number of hydrogen-bond donors (Lipinski definition) is 1. The van der Waals surface area contributed by atoms with Crippen LogP contribution < -0.4 is 9.47 Å². The third kappa shape index (κ3) is 5.95. The monoisotopic (exact) mass is 534 g/mol. The zero-order valence-corrected chi connectivity index (χ0v) is 22.8. The summed E-state index contributed by atoms with van der Waals surface area (Å²) in [5.74, 6) is -0.0981. The van der Waals surface area contributed by atoms with Gasteiger partial charge in [-0.1, -0.05) is 32.4 Å². The minimum atomic E-state index is -0.810. The van der Waals surface area contributed by atoms with Gasteiger partial charge in [-0.2, -0.15) is 0 Å². The molecule has 0 aromatic heterocycles. The van der Waals surface area contributed by atoms with Crippen LogP contribution in [0.5, 0.6) is 11.5 Å². The molecule has 2 atom stereocenters. The van der Waals surface area contributed by atoms with E-state index in [9.17, 15) is 9.90 Å². The van der Waals surface area contributed by atoms with Crippen molar-refractivity contribution in [1.82, 2.24) is 0 Å². The number of carbonyl (C=O) groups is 1. The van der Waals surface area contributed by atoms with Gasteiger partial charge in [-0.15, -0.1) is 0 Å². The van der Waals surface area contributed by atoms with Gasteiger partial charge in [0.05, 0.1) is 13.5 Å². The Kier molecular flexibility index (Phi) is 7.66. The maximum Gasteiger partial charge on any atom is 0.303 e. The van der Waals surface area contributed by atoms with Crippen LogP contribution in [0.2, 0.25) is 0 Å². The molecule has 3 aromatic carbocycles. The third-order valence-corrected chi connectivity index (χ3v) is 8.58. The Morgan fingerprint density at radius 2 is 1.79 bits per heavy atom. The summed E-state index contributed by atoms with van der Waals surface area (Å²) in [5, 5.41) is 9.37. The molecule has 0 bridgehead atoms. The molecule has 2 saturated carbocycles. The van der Waals surface area contributed by atoms with E-state index in [-0.39, 0.29) is 30.3 Å². The van der Waals surface area contributed by atoms with Crippen molar-refractivity contribution in [3.05, 3.63) is 82.9 Å². The Balaban J connectivity index is 1.47. The third-order valence-electron chi connectivity index (χ3n) is 8.58. The highest BCUT2D eigenvalue weighted by Crippen LogP contribution is 2.52. The van der Waals surface area contributed by atoms with Crippen molar-refractivity contribution >= 4 is 5.97 Å². The van der Waals surface area contributed by atoms with Crippen molar-refractivity contribution in [3.8, 4) is 22.6 Å². The van der Waals surface area contributed by atoms with E-state index < -0.39 is 17.6 Å². The smallest absolute Gasteiger partial charge is 0.303 e. The molecule has 6 heteroatoms. The summed E-state index contributed by atoms with van der Waals surface area (Å²) >= 11 is 0. The van der Waals surface area contributed by atoms with Gasteiger partial charge in [-0.25, -0.2) is 8.78 Å². The van der Waals surface area contributed by atoms with E-state index in [4.69, 9.17) is 9.47 Å². The first-order chi connectivity index (χ1) is 18.7. The van der Waals surface area contributed by atoms with Crippen LogP contribution >= 0.6 is 0 Å². The van der Waals surface area contributed by atoms with Gasteiger partial charge in [-0.05, 0) is 108 Å². The Morgan fingerprint density at radius 3 is 2.46 bits per heavy atom. The molecule has 2 fully saturated rings. The lowest BCUT2D eigenvalue weighted by atomic mass is 9.75. The Bertz CT molecular complexity index is 1360. The Labute approximate surface area is 229 Å². The van der Waals surface area contributed by atoms with Crippen molar-refractivity contribution in [3.63, 3.8) is 0 Å². The molecule has 39 heavy (non-hydrogen) atoms. The summed E-state index contributed by atoms with van der Waals surface area (Å²) in [4.78, 5) is 11.4. The largest absolute Gasteiger partial charge is 0.497 e. The summed E-state index contributed by atoms with van der Waals surface area (Å²) in [5.41, 5.74) is 3.15. The average Bonchev–Trinajstić information content (AvgIpc) is 3.69. The van der Waals surface area contributed by atoms with Crippen LogP contribution in [-0.2, 0) is 11.4 Å². The number of aliphatic carboxylic acids is 1. The van der Waals surface area contributed by atoms with E-state index >= 15 is 8.78 Å². The number of halogens is 2. The van der Waals surface area contributed by atoms with E-state index in [0.717, 1.165) is 43.2 Å². The second-order valence-electron chi connectivity index (χ2n) is 11.7. The maximum atomic E-state index is 15.6. The minimum Gasteiger partial charge on any atom is -0.497 e. The van der Waals surface area contributed by atoms with Crippen LogP contribution in [0.4, 0.5) is 8.78 Å². The van der Waals surface area contributed by atoms with Crippen molar-refractivity contribution in [2.75, 3.05) is 7.11 Å². The number of ether oxygens (including phenoxy) is 2. The topological polar surface area (TPSA) is 55.8 Å². The molecule has 0 radical (unpaired) electrons. The number of hydrogen-bond acceptors (Lipinski definition) is 3. The lowest BCUT2D eigenvalue weighted by molar-refractivity contribution is -0.137. The first-order valence-electron chi connectivity index (χ1n) is 13.8. The van der Waals surface area contributed by atoms with E-state index in [1.165, 1.54) is 19.2 Å². The van der Waals surface area contributed by atoms with E-state index in [1.54, 1.807) is 12.1 Å². The fourth-order valence-electron chi connectivity index (χ4n) is 6.25. The van der Waals surface area contributed by atoms with E-state index in [1.807, 2.05) is 30.3 Å². The lowest BCUT2D eigenvalue weighted by Crippen LogP contribution is -2.17. The minimum absolute atomic E-state index is 0.00363. The number of rotatable bonds is 10. The number of methoxy groups -OCH3 is 1. The number of benzene rings is 3. The molecule has 0 saturated heterocycles. The first kappa shape index (κ1) is 27.2. The van der Waals surface area contributed by atoms with E-state index in [2.05, 4.69) is 13.8 Å². The quantitative estimate of drug-likeness (QED) is 0.283. The van der Waals surface area contributed by atoms with Gasteiger partial charge >= 0.3 is 5.97 Å². The van der Waals surface area contributed by atoms with Crippen LogP contribution in [-0.4, -0.2) is 18.2 Å². The molecular formula is C33H36F2O4. The predicted octanol–water partition coefficient (Wildman–Crippen LogP) is 8.48. The molecule has 0 spiro atoms. The second-order valence-corrected chi connectivity index (χ2v) is 11.7. The molecule has 206 valence electrons. The SMILES string of the molecule is COc1ccc(F)c(-c2cc(F)c(COc3cccc([C@@H](CC(=O)O)C4CC4)c3)cc2[C@@H]2CCCC2(C)C)c1. The molecule has 0 heterocycles. The zero-order chi connectivity index (χ0) is 27.7. The summed E-state index contributed by atoms with van der Waals surface area (Å²) in [6.07, 6.45) is 5.22. The summed E-state index contributed by atoms with van der Waals surface area (Å²) in [6.45, 7) is 4.45. The Morgan fingerprint density at radius 1 is 1.00 bits per heavy atom. The molecule has 5 rings (SSSR count). The second kappa shape index (κ2) is 11.0. The standard InChI is InChI=1S/C33H36F2O4/c1-33(2)13-5-8-29(33)27-15-22(31(35)17-26(27)28-16-23(38-3)11-12-30(28)34)19-39-24-7-4-6-21(14-24)25(18-32(36)37)20-9-10-20/h4,6-7,11-12,14-17,20,25,29H,5,8-10,13,18-19H2,1-3H3,(H,36,37)/t25-,29-/m0/s1. The molecule has 0 aliphatic heterocycles. The number of carboxylic acid groups (broad SMARTS) is 1. The van der Waals surface area contributed by atoms with Gasteiger partial charge in [-0.3, -0.25) is 4.79 Å². The fourth-order valence-corrected chi connectivity index (χ4v) is 6.25. The molecule has 4 nitrogen and oxygen atoms in total. The van der Waals surface area contributed by atoms with Gasteiger partial charge in [0, 0.05) is 11.1 Å². The summed E-state index contributed by atoms with van der Waals surface area (Å²) in [6, 6.07) is 15.3. The molecule has 1 N–H and O–H groups in total. The van der Waals surface area contributed by atoms with Crippen molar-refractivity contribution < 1.29 is 28.2 Å². The Hall–Kier alpha value is -3.41. The van der Waals surface area contributed by atoms with Crippen molar-refractivity contribution in [2.24, 2.45) is 11.3 Å². The first-order valence-corrected chi connectivity index (χ1v) is 13.8. The van der Waals surface area contributed by atoms with Gasteiger partial charge in [0.2, 0.25) is 0 Å². The molecule has 3 aromatic rings. The van der Waals surface area contributed by atoms with Crippen molar-refractivity contribution in [2.45, 2.75) is 70.8 Å². The van der Waals surface area contributed by atoms with Crippen molar-refractivity contribution in [1.29, 1.82) is 0 Å². The summed E-state index contributed by atoms with van der Waals surface area (Å²) < 4.78 is 42.0. The van der Waals surface area contributed by atoms with Gasteiger partial charge in [0.15, 0.2) is 0 Å². The fraction of sp³-hybridized carbons (Fsp3) is 0.424. The zero-order valence-electron chi connectivity index (χ0n) is 22.8. The van der Waals surface area contributed by atoms with E-state index in [0.29, 0.717) is 34.1 Å². The predicted molar refractivity (Wildman–Crippen MR) is 147 cm³/mol. The molecule has 0 amide bonds. The highest BCUT2D eigenvalue weighted by Gasteiger charge is 2.38. The van der Waals surface area contributed by atoms with Crippen LogP contribution in [0.3, 0.4) is 0 Å². The highest BCUT2D eigenvalue weighted by molar-refractivity contribution is 5.71. The number of carboxylic acids is 1. The van der Waals surface area contributed by atoms with Gasteiger partial charge < -0.3 is 14.6 Å².